The summed E-state index contributed by atoms with van der Waals surface area (Å²) in [5.41, 5.74) is 1.12. The minimum absolute atomic E-state index is 0.112. The van der Waals surface area contributed by atoms with Gasteiger partial charge in [-0.15, -0.1) is 0 Å². The van der Waals surface area contributed by atoms with Gasteiger partial charge in [-0.3, -0.25) is 4.79 Å². The molecule has 0 radical (unpaired) electrons. The van der Waals surface area contributed by atoms with Crippen LogP contribution in [0.1, 0.15) is 5.56 Å². The predicted octanol–water partition coefficient (Wildman–Crippen LogP) is 4.12. The number of hydrogen-bond acceptors (Lipinski definition) is 3. The van der Waals surface area contributed by atoms with Gasteiger partial charge >= 0.3 is 0 Å². The van der Waals surface area contributed by atoms with E-state index in [1.54, 1.807) is 11.0 Å². The van der Waals surface area contributed by atoms with E-state index in [9.17, 15) is 4.79 Å². The molecule has 0 aliphatic heterocycles. The number of thiocarbonyl (C=S) groups is 1. The number of benzene rings is 2. The number of hydrogen-bond donors (Lipinski definition) is 1. The van der Waals surface area contributed by atoms with Crippen LogP contribution < -0.4 is 10.1 Å². The molecule has 0 saturated carbocycles. The van der Waals surface area contributed by atoms with Crippen molar-refractivity contribution in [1.29, 1.82) is 0 Å². The van der Waals surface area contributed by atoms with E-state index in [4.69, 9.17) is 17.0 Å². The number of carbonyl (C=O) groups is 1. The van der Waals surface area contributed by atoms with Crippen LogP contribution in [-0.4, -0.2) is 29.6 Å². The van der Waals surface area contributed by atoms with E-state index >= 15 is 0 Å². The van der Waals surface area contributed by atoms with E-state index < -0.39 is 0 Å². The molecule has 0 atom stereocenters. The molecule has 0 fully saturated rings. The summed E-state index contributed by atoms with van der Waals surface area (Å²) in [7, 11) is 1.84. The van der Waals surface area contributed by atoms with Crippen molar-refractivity contribution in [1.82, 2.24) is 10.2 Å². The van der Waals surface area contributed by atoms with E-state index in [0.29, 0.717) is 17.4 Å². The molecule has 0 aliphatic carbocycles. The maximum atomic E-state index is 12.0. The standard InChI is InChI=1S/C17H16Br2N2O2S/c1-21(10-12-5-3-2-4-6-12)17(24)20-16(22)11-23-15-8-7-13(18)9-14(15)19/h2-9H,10-11H2,1H3,(H,20,22,24). The van der Waals surface area contributed by atoms with E-state index in [1.807, 2.05) is 49.5 Å². The largest absolute Gasteiger partial charge is 0.483 e. The SMILES string of the molecule is CN(Cc1ccccc1)C(=S)NC(=O)COc1ccc(Br)cc1Br. The van der Waals surface area contributed by atoms with Crippen LogP contribution >= 0.6 is 44.1 Å². The van der Waals surface area contributed by atoms with Crippen molar-refractivity contribution < 1.29 is 9.53 Å². The van der Waals surface area contributed by atoms with Gasteiger partial charge in [0, 0.05) is 18.1 Å². The first-order valence-corrected chi connectivity index (χ1v) is 9.12. The minimum Gasteiger partial charge on any atom is -0.483 e. The third kappa shape index (κ3) is 5.89. The molecular formula is C17H16Br2N2O2S. The monoisotopic (exact) mass is 470 g/mol. The van der Waals surface area contributed by atoms with Gasteiger partial charge in [-0.1, -0.05) is 46.3 Å². The Bertz CT molecular complexity index is 726. The molecule has 0 aromatic heterocycles. The van der Waals surface area contributed by atoms with Crippen LogP contribution in [0, 0.1) is 0 Å². The second-order valence-electron chi connectivity index (χ2n) is 5.06. The molecule has 0 unspecified atom stereocenters. The van der Waals surface area contributed by atoms with Gasteiger partial charge in [0.05, 0.1) is 4.47 Å². The van der Waals surface area contributed by atoms with Crippen LogP contribution in [0.3, 0.4) is 0 Å². The van der Waals surface area contributed by atoms with Gasteiger partial charge in [-0.25, -0.2) is 0 Å². The van der Waals surface area contributed by atoms with Crippen LogP contribution in [0.25, 0.3) is 0 Å². The summed E-state index contributed by atoms with van der Waals surface area (Å²) in [6.07, 6.45) is 0. The highest BCUT2D eigenvalue weighted by Crippen LogP contribution is 2.28. The van der Waals surface area contributed by atoms with Crippen LogP contribution in [0.4, 0.5) is 0 Å². The predicted molar refractivity (Wildman–Crippen MR) is 106 cm³/mol. The minimum atomic E-state index is -0.297. The Balaban J connectivity index is 1.82. The number of ether oxygens (including phenoxy) is 1. The molecule has 1 N–H and O–H groups in total. The molecule has 0 saturated heterocycles. The lowest BCUT2D eigenvalue weighted by molar-refractivity contribution is -0.121. The van der Waals surface area contributed by atoms with E-state index in [-0.39, 0.29) is 12.5 Å². The van der Waals surface area contributed by atoms with Crippen molar-refractivity contribution in [3.8, 4) is 5.75 Å². The Labute approximate surface area is 163 Å². The maximum absolute atomic E-state index is 12.0. The van der Waals surface area contributed by atoms with Crippen LogP contribution in [0.15, 0.2) is 57.5 Å². The average molecular weight is 472 g/mol. The highest BCUT2D eigenvalue weighted by Gasteiger charge is 2.11. The van der Waals surface area contributed by atoms with Crippen LogP contribution in [0.5, 0.6) is 5.75 Å². The summed E-state index contributed by atoms with van der Waals surface area (Å²) in [5.74, 6) is 0.298. The van der Waals surface area contributed by atoms with Crippen molar-refractivity contribution in [2.24, 2.45) is 0 Å². The Morgan fingerprint density at radius 2 is 1.92 bits per heavy atom. The number of rotatable bonds is 5. The molecule has 24 heavy (non-hydrogen) atoms. The molecule has 0 aliphatic rings. The van der Waals surface area contributed by atoms with Gasteiger partial charge < -0.3 is 15.0 Å². The number of nitrogens with one attached hydrogen (secondary N) is 1. The summed E-state index contributed by atoms with van der Waals surface area (Å²) in [6, 6.07) is 15.4. The van der Waals surface area contributed by atoms with Gasteiger partial charge in [0.2, 0.25) is 0 Å². The molecule has 0 heterocycles. The molecule has 7 heteroatoms. The fraction of sp³-hybridized carbons (Fsp3) is 0.176. The summed E-state index contributed by atoms with van der Waals surface area (Å²) in [6.45, 7) is 0.513. The second-order valence-corrected chi connectivity index (χ2v) is 7.22. The lowest BCUT2D eigenvalue weighted by Crippen LogP contribution is -2.42. The topological polar surface area (TPSA) is 41.6 Å². The molecule has 2 aromatic carbocycles. The number of halogens is 2. The molecule has 0 bridgehead atoms. The van der Waals surface area contributed by atoms with Crippen molar-refractivity contribution in [3.05, 3.63) is 63.0 Å². The zero-order valence-corrected chi connectivity index (χ0v) is 16.9. The van der Waals surface area contributed by atoms with Gasteiger partial charge in [0.1, 0.15) is 5.75 Å². The van der Waals surface area contributed by atoms with Crippen molar-refractivity contribution >= 4 is 55.1 Å². The summed E-state index contributed by atoms with van der Waals surface area (Å²) in [4.78, 5) is 13.8. The lowest BCUT2D eigenvalue weighted by atomic mass is 10.2. The van der Waals surface area contributed by atoms with Crippen LogP contribution in [-0.2, 0) is 11.3 Å². The Morgan fingerprint density at radius 3 is 2.58 bits per heavy atom. The first-order valence-electron chi connectivity index (χ1n) is 7.12. The summed E-state index contributed by atoms with van der Waals surface area (Å²) >= 11 is 12.0. The highest BCUT2D eigenvalue weighted by atomic mass is 79.9. The highest BCUT2D eigenvalue weighted by molar-refractivity contribution is 9.11. The fourth-order valence-electron chi connectivity index (χ4n) is 1.92. The molecule has 2 aromatic rings. The Hall–Kier alpha value is -1.44. The normalized spacial score (nSPS) is 10.1. The number of nitrogens with zero attached hydrogens (tertiary/aromatic N) is 1. The van der Waals surface area contributed by atoms with Gasteiger partial charge in [0.25, 0.3) is 5.91 Å². The fourth-order valence-corrected chi connectivity index (χ4v) is 3.26. The first kappa shape index (κ1) is 18.9. The van der Waals surface area contributed by atoms with E-state index in [2.05, 4.69) is 37.2 Å². The van der Waals surface area contributed by atoms with Crippen molar-refractivity contribution in [3.63, 3.8) is 0 Å². The van der Waals surface area contributed by atoms with Gasteiger partial charge in [-0.2, -0.15) is 0 Å². The zero-order chi connectivity index (χ0) is 17.5. The van der Waals surface area contributed by atoms with Gasteiger partial charge in [-0.05, 0) is 51.9 Å². The first-order chi connectivity index (χ1) is 11.5. The van der Waals surface area contributed by atoms with Crippen molar-refractivity contribution in [2.45, 2.75) is 6.54 Å². The third-order valence-corrected chi connectivity index (χ3v) is 4.64. The third-order valence-electron chi connectivity index (χ3n) is 3.11. The van der Waals surface area contributed by atoms with Gasteiger partial charge in [0.15, 0.2) is 11.7 Å². The zero-order valence-electron chi connectivity index (χ0n) is 13.0. The maximum Gasteiger partial charge on any atom is 0.264 e. The van der Waals surface area contributed by atoms with E-state index in [1.165, 1.54) is 0 Å². The lowest BCUT2D eigenvalue weighted by Gasteiger charge is -2.20. The number of amides is 1. The average Bonchev–Trinajstić information content (AvgIpc) is 2.55. The summed E-state index contributed by atoms with van der Waals surface area (Å²) < 4.78 is 7.19. The van der Waals surface area contributed by atoms with Crippen LogP contribution in [0.2, 0.25) is 0 Å². The van der Waals surface area contributed by atoms with E-state index in [0.717, 1.165) is 14.5 Å². The molecular weight excluding hydrogens is 456 g/mol. The second kappa shape index (κ2) is 9.15. The quantitative estimate of drug-likeness (QED) is 0.666. The molecule has 0 spiro atoms. The molecule has 126 valence electrons. The Kier molecular flexibility index (Phi) is 7.20. The Morgan fingerprint density at radius 1 is 1.21 bits per heavy atom. The smallest absolute Gasteiger partial charge is 0.264 e. The van der Waals surface area contributed by atoms with Crippen molar-refractivity contribution in [2.75, 3.05) is 13.7 Å². The number of carbonyl (C=O) groups excluding carboxylic acids is 1. The summed E-state index contributed by atoms with van der Waals surface area (Å²) in [5, 5.41) is 3.03. The molecule has 1 amide bonds. The molecule has 4 nitrogen and oxygen atoms in total. The molecule has 2 rings (SSSR count).